The topological polar surface area (TPSA) is 9.23 Å². The number of hydrogen-bond donors (Lipinski definition) is 0. The molecule has 1 nitrogen and oxygen atoms in total. The molecule has 0 radical (unpaired) electrons. The Labute approximate surface area is 87.5 Å². The van der Waals surface area contributed by atoms with E-state index in [2.05, 4.69) is 24.8 Å². The molecule has 1 rings (SSSR count). The van der Waals surface area contributed by atoms with Gasteiger partial charge in [0.1, 0.15) is 0 Å². The summed E-state index contributed by atoms with van der Waals surface area (Å²) >= 11 is 0. The van der Waals surface area contributed by atoms with Crippen molar-refractivity contribution in [3.05, 3.63) is 12.3 Å². The maximum absolute atomic E-state index is 5.35. The van der Waals surface area contributed by atoms with Gasteiger partial charge < -0.3 is 4.74 Å². The van der Waals surface area contributed by atoms with Gasteiger partial charge in [0.15, 0.2) is 6.10 Å². The van der Waals surface area contributed by atoms with E-state index in [0.29, 0.717) is 0 Å². The Morgan fingerprint density at radius 1 is 1.36 bits per heavy atom. The molecule has 0 fully saturated rings. The molecule has 0 amide bonds. The highest BCUT2D eigenvalue weighted by atomic mass is 16.5. The SMILES string of the molecule is CCCCCCC#CC1CCC=CO1. The van der Waals surface area contributed by atoms with E-state index >= 15 is 0 Å². The van der Waals surface area contributed by atoms with Crippen LogP contribution in [0.15, 0.2) is 12.3 Å². The van der Waals surface area contributed by atoms with Gasteiger partial charge in [-0.25, -0.2) is 0 Å². The average Bonchev–Trinajstić information content (AvgIpc) is 2.25. The zero-order valence-corrected chi connectivity index (χ0v) is 9.09. The Morgan fingerprint density at radius 3 is 3.00 bits per heavy atom. The Morgan fingerprint density at radius 2 is 2.29 bits per heavy atom. The molecule has 0 saturated carbocycles. The summed E-state index contributed by atoms with van der Waals surface area (Å²) in [7, 11) is 0. The Hall–Kier alpha value is -0.900. The molecule has 14 heavy (non-hydrogen) atoms. The van der Waals surface area contributed by atoms with Crippen molar-refractivity contribution < 1.29 is 4.74 Å². The average molecular weight is 192 g/mol. The normalized spacial score (nSPS) is 19.6. The standard InChI is InChI=1S/C13H20O/c1-2-3-4-5-6-7-10-13-11-8-9-12-14-13/h9,12-13H,2-6,8,11H2,1H3. The third-order valence-corrected chi connectivity index (χ3v) is 2.35. The van der Waals surface area contributed by atoms with Crippen LogP contribution in [0.1, 0.15) is 51.9 Å². The van der Waals surface area contributed by atoms with E-state index in [1.807, 2.05) is 0 Å². The summed E-state index contributed by atoms with van der Waals surface area (Å²) in [5, 5.41) is 0. The van der Waals surface area contributed by atoms with E-state index in [-0.39, 0.29) is 6.10 Å². The van der Waals surface area contributed by atoms with Crippen molar-refractivity contribution in [2.24, 2.45) is 0 Å². The molecule has 1 heterocycles. The molecule has 1 atom stereocenters. The number of rotatable bonds is 4. The minimum absolute atomic E-state index is 0.158. The van der Waals surface area contributed by atoms with Crippen molar-refractivity contribution in [2.45, 2.75) is 58.0 Å². The van der Waals surface area contributed by atoms with Crippen LogP contribution in [0, 0.1) is 11.8 Å². The van der Waals surface area contributed by atoms with Crippen molar-refractivity contribution in [3.8, 4) is 11.8 Å². The minimum atomic E-state index is 0.158. The van der Waals surface area contributed by atoms with Gasteiger partial charge in [0.2, 0.25) is 0 Å². The van der Waals surface area contributed by atoms with Crippen molar-refractivity contribution >= 4 is 0 Å². The lowest BCUT2D eigenvalue weighted by Gasteiger charge is -2.12. The Balaban J connectivity index is 2.04. The third-order valence-electron chi connectivity index (χ3n) is 2.35. The van der Waals surface area contributed by atoms with Gasteiger partial charge in [-0.15, -0.1) is 0 Å². The van der Waals surface area contributed by atoms with Gasteiger partial charge in [-0.3, -0.25) is 0 Å². The highest BCUT2D eigenvalue weighted by molar-refractivity contribution is 5.07. The summed E-state index contributed by atoms with van der Waals surface area (Å²) in [4.78, 5) is 0. The van der Waals surface area contributed by atoms with Gasteiger partial charge >= 0.3 is 0 Å². The quantitative estimate of drug-likeness (QED) is 0.488. The predicted molar refractivity (Wildman–Crippen MR) is 59.8 cm³/mol. The lowest BCUT2D eigenvalue weighted by atomic mass is 10.1. The molecule has 1 aliphatic heterocycles. The van der Waals surface area contributed by atoms with Crippen molar-refractivity contribution in [2.75, 3.05) is 0 Å². The largest absolute Gasteiger partial charge is 0.486 e. The molecular weight excluding hydrogens is 172 g/mol. The van der Waals surface area contributed by atoms with E-state index in [1.54, 1.807) is 6.26 Å². The number of ether oxygens (including phenoxy) is 1. The maximum atomic E-state index is 5.35. The number of hydrogen-bond acceptors (Lipinski definition) is 1. The molecule has 0 saturated heterocycles. The molecule has 0 bridgehead atoms. The molecule has 0 aromatic rings. The molecule has 0 spiro atoms. The van der Waals surface area contributed by atoms with Gasteiger partial charge in [-0.1, -0.05) is 38.0 Å². The number of unbranched alkanes of at least 4 members (excludes halogenated alkanes) is 4. The van der Waals surface area contributed by atoms with Gasteiger partial charge in [0.25, 0.3) is 0 Å². The van der Waals surface area contributed by atoms with Crippen LogP contribution in [0.5, 0.6) is 0 Å². The van der Waals surface area contributed by atoms with Crippen LogP contribution in [0.2, 0.25) is 0 Å². The zero-order chi connectivity index (χ0) is 10.1. The first-order chi connectivity index (χ1) is 6.93. The van der Waals surface area contributed by atoms with Gasteiger partial charge in [-0.2, -0.15) is 0 Å². The van der Waals surface area contributed by atoms with Crippen molar-refractivity contribution in [1.29, 1.82) is 0 Å². The lowest BCUT2D eigenvalue weighted by molar-refractivity contribution is 0.173. The molecule has 1 aliphatic rings. The number of allylic oxidation sites excluding steroid dienone is 1. The first kappa shape index (κ1) is 11.2. The molecule has 1 heteroatoms. The zero-order valence-electron chi connectivity index (χ0n) is 9.09. The van der Waals surface area contributed by atoms with E-state index < -0.39 is 0 Å². The van der Waals surface area contributed by atoms with Gasteiger partial charge in [0.05, 0.1) is 6.26 Å². The molecule has 78 valence electrons. The van der Waals surface area contributed by atoms with Crippen LogP contribution < -0.4 is 0 Å². The highest BCUT2D eigenvalue weighted by Crippen LogP contribution is 2.09. The van der Waals surface area contributed by atoms with Gasteiger partial charge in [0, 0.05) is 6.42 Å². The van der Waals surface area contributed by atoms with Crippen LogP contribution in [0.3, 0.4) is 0 Å². The maximum Gasteiger partial charge on any atom is 0.158 e. The first-order valence-electron chi connectivity index (χ1n) is 5.72. The summed E-state index contributed by atoms with van der Waals surface area (Å²) in [6.07, 6.45) is 12.4. The second-order valence-electron chi connectivity index (χ2n) is 3.71. The molecule has 0 aliphatic carbocycles. The molecule has 0 N–H and O–H groups in total. The van der Waals surface area contributed by atoms with Gasteiger partial charge in [-0.05, 0) is 25.3 Å². The molecule has 1 unspecified atom stereocenters. The van der Waals surface area contributed by atoms with Crippen LogP contribution in [-0.4, -0.2) is 6.10 Å². The van der Waals surface area contributed by atoms with Crippen molar-refractivity contribution in [1.82, 2.24) is 0 Å². The fourth-order valence-corrected chi connectivity index (χ4v) is 1.47. The molecule has 0 aromatic carbocycles. The summed E-state index contributed by atoms with van der Waals surface area (Å²) in [6.45, 7) is 2.23. The van der Waals surface area contributed by atoms with Crippen LogP contribution in [0.25, 0.3) is 0 Å². The van der Waals surface area contributed by atoms with Crippen molar-refractivity contribution in [3.63, 3.8) is 0 Å². The van der Waals surface area contributed by atoms with Crippen LogP contribution >= 0.6 is 0 Å². The Bertz CT molecular complexity index is 219. The monoisotopic (exact) mass is 192 g/mol. The van der Waals surface area contributed by atoms with E-state index in [4.69, 9.17) is 4.74 Å². The Kier molecular flexibility index (Phi) is 5.99. The van der Waals surface area contributed by atoms with E-state index in [1.165, 1.54) is 25.7 Å². The van der Waals surface area contributed by atoms with Crippen LogP contribution in [0.4, 0.5) is 0 Å². The predicted octanol–water partition coefficient (Wildman–Crippen LogP) is 3.65. The fraction of sp³-hybridized carbons (Fsp3) is 0.692. The molecule has 0 aromatic heterocycles. The molecular formula is C13H20O. The summed E-state index contributed by atoms with van der Waals surface area (Å²) in [6, 6.07) is 0. The third kappa shape index (κ3) is 4.97. The van der Waals surface area contributed by atoms with E-state index in [0.717, 1.165) is 19.3 Å². The summed E-state index contributed by atoms with van der Waals surface area (Å²) < 4.78 is 5.35. The smallest absolute Gasteiger partial charge is 0.158 e. The van der Waals surface area contributed by atoms with Crippen LogP contribution in [-0.2, 0) is 4.74 Å². The second-order valence-corrected chi connectivity index (χ2v) is 3.71. The highest BCUT2D eigenvalue weighted by Gasteiger charge is 2.05. The lowest BCUT2D eigenvalue weighted by Crippen LogP contribution is -2.09. The summed E-state index contributed by atoms with van der Waals surface area (Å²) in [5.74, 6) is 6.38. The van der Waals surface area contributed by atoms with E-state index in [9.17, 15) is 0 Å². The fourth-order valence-electron chi connectivity index (χ4n) is 1.47. The summed E-state index contributed by atoms with van der Waals surface area (Å²) in [5.41, 5.74) is 0. The second kappa shape index (κ2) is 7.50. The first-order valence-corrected chi connectivity index (χ1v) is 5.72. The minimum Gasteiger partial charge on any atom is -0.486 e.